The predicted octanol–water partition coefficient (Wildman–Crippen LogP) is 4.16. The fourth-order valence-corrected chi connectivity index (χ4v) is 4.45. The van der Waals surface area contributed by atoms with Gasteiger partial charge in [-0.15, -0.1) is 0 Å². The molecule has 0 bridgehead atoms. The summed E-state index contributed by atoms with van der Waals surface area (Å²) in [5.41, 5.74) is 1.46. The van der Waals surface area contributed by atoms with Crippen molar-refractivity contribution in [3.05, 3.63) is 70.5 Å². The van der Waals surface area contributed by atoms with Crippen LogP contribution in [0.3, 0.4) is 0 Å². The zero-order valence-electron chi connectivity index (χ0n) is 14.3. The zero-order chi connectivity index (χ0) is 18.6. The maximum absolute atomic E-state index is 14.1. The highest BCUT2D eigenvalue weighted by Crippen LogP contribution is 2.31. The van der Waals surface area contributed by atoms with Crippen LogP contribution in [0.25, 0.3) is 0 Å². The first-order chi connectivity index (χ1) is 12.4. The number of benzene rings is 2. The molecule has 0 radical (unpaired) electrons. The molecule has 2 aromatic rings. The fourth-order valence-electron chi connectivity index (χ4n) is 3.20. The van der Waals surface area contributed by atoms with Gasteiger partial charge in [-0.25, -0.2) is 4.39 Å². The van der Waals surface area contributed by atoms with Crippen molar-refractivity contribution in [1.29, 1.82) is 0 Å². The lowest BCUT2D eigenvalue weighted by Gasteiger charge is -2.31. The van der Waals surface area contributed by atoms with Crippen molar-refractivity contribution in [2.45, 2.75) is 25.4 Å². The molecular formula is C19H21ClFNO3S. The molecule has 3 rings (SSSR count). The molecule has 26 heavy (non-hydrogen) atoms. The molecule has 1 fully saturated rings. The number of halogens is 2. The van der Waals surface area contributed by atoms with Gasteiger partial charge in [-0.05, 0) is 55.1 Å². The van der Waals surface area contributed by atoms with Gasteiger partial charge in [0.05, 0.1) is 6.61 Å². The smallest absolute Gasteiger partial charge is 0.281 e. The van der Waals surface area contributed by atoms with E-state index < -0.39 is 10.1 Å². The van der Waals surface area contributed by atoms with Gasteiger partial charge in [0.25, 0.3) is 10.1 Å². The van der Waals surface area contributed by atoms with Crippen LogP contribution in [-0.4, -0.2) is 32.3 Å². The maximum atomic E-state index is 14.1. The third-order valence-electron chi connectivity index (χ3n) is 4.58. The van der Waals surface area contributed by atoms with Crippen LogP contribution >= 0.6 is 11.6 Å². The van der Waals surface area contributed by atoms with E-state index in [4.69, 9.17) is 15.8 Å². The molecular weight excluding hydrogens is 377 g/mol. The van der Waals surface area contributed by atoms with Crippen LogP contribution in [0.4, 0.5) is 4.39 Å². The van der Waals surface area contributed by atoms with Crippen molar-refractivity contribution in [2.75, 3.05) is 19.0 Å². The SMILES string of the molecule is O=S(=O)(CN1CCC(c2ccc(Cl)cc2F)CC1)OCc1ccccc1. The van der Waals surface area contributed by atoms with E-state index in [9.17, 15) is 12.8 Å². The highest BCUT2D eigenvalue weighted by Gasteiger charge is 2.26. The van der Waals surface area contributed by atoms with Gasteiger partial charge in [0.15, 0.2) is 0 Å². The highest BCUT2D eigenvalue weighted by atomic mass is 35.5. The molecule has 140 valence electrons. The van der Waals surface area contributed by atoms with Crippen molar-refractivity contribution < 1.29 is 17.0 Å². The van der Waals surface area contributed by atoms with E-state index >= 15 is 0 Å². The monoisotopic (exact) mass is 397 g/mol. The number of rotatable bonds is 6. The summed E-state index contributed by atoms with van der Waals surface area (Å²) >= 11 is 5.80. The number of hydrogen-bond donors (Lipinski definition) is 0. The minimum Gasteiger partial charge on any atom is -0.288 e. The summed E-state index contributed by atoms with van der Waals surface area (Å²) in [5.74, 6) is -0.360. The summed E-state index contributed by atoms with van der Waals surface area (Å²) in [5, 5.41) is 0.380. The van der Waals surface area contributed by atoms with Crippen LogP contribution in [-0.2, 0) is 20.9 Å². The third kappa shape index (κ3) is 5.27. The Balaban J connectivity index is 1.51. The van der Waals surface area contributed by atoms with E-state index in [0.29, 0.717) is 36.5 Å². The molecule has 0 unspecified atom stereocenters. The lowest BCUT2D eigenvalue weighted by atomic mass is 9.89. The standard InChI is InChI=1S/C19H21ClFNO3S/c20-17-6-7-18(19(21)12-17)16-8-10-22(11-9-16)14-26(23,24)25-13-15-4-2-1-3-5-15/h1-7,12,16H,8-11,13-14H2. The van der Waals surface area contributed by atoms with Gasteiger partial charge in [0.2, 0.25) is 0 Å². The molecule has 0 N–H and O–H groups in total. The Bertz CT molecular complexity index is 837. The van der Waals surface area contributed by atoms with Crippen LogP contribution in [0.1, 0.15) is 29.9 Å². The first-order valence-corrected chi connectivity index (χ1v) is 10.5. The van der Waals surface area contributed by atoms with Crippen molar-refractivity contribution in [3.8, 4) is 0 Å². The van der Waals surface area contributed by atoms with E-state index in [1.165, 1.54) is 6.07 Å². The summed E-state index contributed by atoms with van der Waals surface area (Å²) in [7, 11) is -3.64. The lowest BCUT2D eigenvalue weighted by Crippen LogP contribution is -2.37. The highest BCUT2D eigenvalue weighted by molar-refractivity contribution is 7.86. The van der Waals surface area contributed by atoms with E-state index in [2.05, 4.69) is 0 Å². The number of piperidine rings is 1. The van der Waals surface area contributed by atoms with E-state index in [-0.39, 0.29) is 24.2 Å². The molecule has 0 amide bonds. The summed E-state index contributed by atoms with van der Waals surface area (Å²) in [6.07, 6.45) is 1.40. The zero-order valence-corrected chi connectivity index (χ0v) is 15.8. The second-order valence-electron chi connectivity index (χ2n) is 6.49. The first-order valence-electron chi connectivity index (χ1n) is 8.51. The van der Waals surface area contributed by atoms with Crippen molar-refractivity contribution >= 4 is 21.7 Å². The lowest BCUT2D eigenvalue weighted by molar-refractivity contribution is 0.223. The Hall–Kier alpha value is -1.47. The number of hydrogen-bond acceptors (Lipinski definition) is 4. The Kier molecular flexibility index (Phi) is 6.29. The summed E-state index contributed by atoms with van der Waals surface area (Å²) in [6.45, 7) is 1.21. The van der Waals surface area contributed by atoms with Crippen molar-refractivity contribution in [3.63, 3.8) is 0 Å². The Morgan fingerprint density at radius 1 is 1.12 bits per heavy atom. The van der Waals surface area contributed by atoms with Crippen LogP contribution in [0, 0.1) is 5.82 Å². The molecule has 0 saturated carbocycles. The Morgan fingerprint density at radius 3 is 2.46 bits per heavy atom. The predicted molar refractivity (Wildman–Crippen MR) is 100.0 cm³/mol. The van der Waals surface area contributed by atoms with Crippen molar-refractivity contribution in [1.82, 2.24) is 4.90 Å². The molecule has 2 aromatic carbocycles. The number of nitrogens with zero attached hydrogens (tertiary/aromatic N) is 1. The quantitative estimate of drug-likeness (QED) is 0.686. The third-order valence-corrected chi connectivity index (χ3v) is 5.97. The van der Waals surface area contributed by atoms with E-state index in [0.717, 1.165) is 5.56 Å². The Labute approximate surface area is 158 Å². The van der Waals surface area contributed by atoms with Gasteiger partial charge < -0.3 is 0 Å². The molecule has 1 aliphatic heterocycles. The summed E-state index contributed by atoms with van der Waals surface area (Å²) in [4.78, 5) is 1.84. The Morgan fingerprint density at radius 2 is 1.81 bits per heavy atom. The summed E-state index contributed by atoms with van der Waals surface area (Å²) < 4.78 is 43.5. The molecule has 0 atom stereocenters. The van der Waals surface area contributed by atoms with Gasteiger partial charge >= 0.3 is 0 Å². The van der Waals surface area contributed by atoms with Crippen molar-refractivity contribution in [2.24, 2.45) is 0 Å². The normalized spacial score (nSPS) is 16.7. The van der Waals surface area contributed by atoms with Crippen LogP contribution in [0.15, 0.2) is 48.5 Å². The fraction of sp³-hybridized carbons (Fsp3) is 0.368. The van der Waals surface area contributed by atoms with Gasteiger partial charge in [0, 0.05) is 5.02 Å². The van der Waals surface area contributed by atoms with Gasteiger partial charge in [-0.3, -0.25) is 9.08 Å². The average molecular weight is 398 g/mol. The minimum atomic E-state index is -3.64. The molecule has 4 nitrogen and oxygen atoms in total. The van der Waals surface area contributed by atoms with Crippen LogP contribution in [0.5, 0.6) is 0 Å². The maximum Gasteiger partial charge on any atom is 0.281 e. The second-order valence-corrected chi connectivity index (χ2v) is 8.54. The van der Waals surface area contributed by atoms with Crippen LogP contribution in [0.2, 0.25) is 5.02 Å². The largest absolute Gasteiger partial charge is 0.288 e. The minimum absolute atomic E-state index is 0.0373. The second kappa shape index (κ2) is 8.48. The summed E-state index contributed by atoms with van der Waals surface area (Å²) in [6, 6.07) is 13.9. The molecule has 0 aromatic heterocycles. The topological polar surface area (TPSA) is 46.6 Å². The van der Waals surface area contributed by atoms with E-state index in [1.807, 2.05) is 35.2 Å². The van der Waals surface area contributed by atoms with Gasteiger partial charge in [-0.1, -0.05) is 48.0 Å². The molecule has 1 heterocycles. The molecule has 0 spiro atoms. The number of likely N-dealkylation sites (tertiary alicyclic amines) is 1. The molecule has 1 saturated heterocycles. The first kappa shape index (κ1) is 19.3. The molecule has 0 aliphatic carbocycles. The van der Waals surface area contributed by atoms with Gasteiger partial charge in [0.1, 0.15) is 11.7 Å². The average Bonchev–Trinajstić information content (AvgIpc) is 2.62. The molecule has 1 aliphatic rings. The van der Waals surface area contributed by atoms with Gasteiger partial charge in [-0.2, -0.15) is 8.42 Å². The molecule has 7 heteroatoms. The van der Waals surface area contributed by atoms with E-state index in [1.54, 1.807) is 12.1 Å². The van der Waals surface area contributed by atoms with Crippen LogP contribution < -0.4 is 0 Å².